The third kappa shape index (κ3) is 7.07. The SMILES string of the molecule is Cc1nnc2c(NCCCCCC(=O)OC(C)(C)C)nc3cc(C(=O)CCc4ccc(Cl)cc4)ccc3n12. The number of ketones is 1. The number of ether oxygens (including phenoxy) is 1. The van der Waals surface area contributed by atoms with Gasteiger partial charge in [0.15, 0.2) is 11.6 Å². The first-order valence-corrected chi connectivity index (χ1v) is 13.4. The van der Waals surface area contributed by atoms with Gasteiger partial charge in [0.25, 0.3) is 0 Å². The van der Waals surface area contributed by atoms with E-state index in [0.717, 1.165) is 36.2 Å². The number of hydrogen-bond donors (Lipinski definition) is 1. The third-order valence-electron chi connectivity index (χ3n) is 6.13. The van der Waals surface area contributed by atoms with Crippen LogP contribution in [-0.2, 0) is 16.0 Å². The zero-order valence-electron chi connectivity index (χ0n) is 22.4. The molecule has 200 valence electrons. The van der Waals surface area contributed by atoms with Crippen LogP contribution in [0.15, 0.2) is 42.5 Å². The van der Waals surface area contributed by atoms with Gasteiger partial charge in [-0.2, -0.15) is 0 Å². The maximum absolute atomic E-state index is 13.0. The third-order valence-corrected chi connectivity index (χ3v) is 6.38. The predicted molar refractivity (Wildman–Crippen MR) is 150 cm³/mol. The number of unbranched alkanes of at least 4 members (excludes halogenated alkanes) is 2. The number of aromatic nitrogens is 4. The summed E-state index contributed by atoms with van der Waals surface area (Å²) in [5.74, 6) is 1.26. The predicted octanol–water partition coefficient (Wildman–Crippen LogP) is 6.37. The van der Waals surface area contributed by atoms with Crippen LogP contribution in [0, 0.1) is 6.92 Å². The molecule has 1 N–H and O–H groups in total. The standard InChI is InChI=1S/C29H34ClN5O3/c1-19-33-34-28-27(31-17-7-5-6-8-26(37)38-29(2,3)4)32-23-18-21(12-15-24(23)35(19)28)25(36)16-11-20-9-13-22(30)14-10-20/h9-10,12-15,18H,5-8,11,16-17H2,1-4H3,(H,31,32). The second-order valence-electron chi connectivity index (χ2n) is 10.4. The Labute approximate surface area is 227 Å². The van der Waals surface area contributed by atoms with Crippen molar-refractivity contribution in [3.63, 3.8) is 0 Å². The number of carbonyl (C=O) groups excluding carboxylic acids is 2. The van der Waals surface area contributed by atoms with Crippen LogP contribution in [0.3, 0.4) is 0 Å². The molecule has 38 heavy (non-hydrogen) atoms. The Hall–Kier alpha value is -3.52. The second-order valence-corrected chi connectivity index (χ2v) is 10.9. The molecule has 0 saturated carbocycles. The Bertz CT molecular complexity index is 1440. The van der Waals surface area contributed by atoms with E-state index in [0.29, 0.717) is 53.4 Å². The fourth-order valence-corrected chi connectivity index (χ4v) is 4.42. The topological polar surface area (TPSA) is 98.5 Å². The fraction of sp³-hybridized carbons (Fsp3) is 0.414. The quantitative estimate of drug-likeness (QED) is 0.135. The van der Waals surface area contributed by atoms with Crippen LogP contribution < -0.4 is 5.32 Å². The number of hydrogen-bond acceptors (Lipinski definition) is 7. The average Bonchev–Trinajstić information content (AvgIpc) is 3.26. The number of nitrogens with zero attached hydrogens (tertiary/aromatic N) is 4. The van der Waals surface area contributed by atoms with Gasteiger partial charge in [-0.1, -0.05) is 30.2 Å². The minimum absolute atomic E-state index is 0.0590. The molecule has 0 radical (unpaired) electrons. The first-order valence-electron chi connectivity index (χ1n) is 13.0. The molecule has 2 aromatic heterocycles. The van der Waals surface area contributed by atoms with Crippen LogP contribution in [0.2, 0.25) is 5.02 Å². The van der Waals surface area contributed by atoms with E-state index >= 15 is 0 Å². The van der Waals surface area contributed by atoms with E-state index in [1.165, 1.54) is 0 Å². The number of carbonyl (C=O) groups is 2. The largest absolute Gasteiger partial charge is 0.460 e. The van der Waals surface area contributed by atoms with E-state index < -0.39 is 5.60 Å². The van der Waals surface area contributed by atoms with E-state index in [2.05, 4.69) is 15.5 Å². The van der Waals surface area contributed by atoms with Crippen molar-refractivity contribution in [3.05, 3.63) is 64.4 Å². The molecule has 0 aliphatic rings. The number of halogens is 1. The molecule has 0 bridgehead atoms. The van der Waals surface area contributed by atoms with Crippen LogP contribution in [0.4, 0.5) is 5.82 Å². The average molecular weight is 536 g/mol. The number of rotatable bonds is 11. The van der Waals surface area contributed by atoms with Gasteiger partial charge >= 0.3 is 5.97 Å². The number of Topliss-reactive ketones (excluding diaryl/α,β-unsaturated/α-hetero) is 1. The van der Waals surface area contributed by atoms with E-state index in [-0.39, 0.29) is 11.8 Å². The highest BCUT2D eigenvalue weighted by molar-refractivity contribution is 6.30. The van der Waals surface area contributed by atoms with Crippen LogP contribution in [0.5, 0.6) is 0 Å². The van der Waals surface area contributed by atoms with Gasteiger partial charge in [-0.3, -0.25) is 14.0 Å². The van der Waals surface area contributed by atoms with Gasteiger partial charge in [-0.15, -0.1) is 10.2 Å². The molecule has 0 saturated heterocycles. The Balaban J connectivity index is 1.42. The first kappa shape index (κ1) is 27.5. The molecular formula is C29H34ClN5O3. The maximum Gasteiger partial charge on any atom is 0.306 e. The first-order chi connectivity index (χ1) is 18.1. The van der Waals surface area contributed by atoms with Gasteiger partial charge in [0.1, 0.15) is 11.4 Å². The molecule has 0 aliphatic carbocycles. The van der Waals surface area contributed by atoms with Crippen LogP contribution in [0.1, 0.15) is 74.6 Å². The smallest absolute Gasteiger partial charge is 0.306 e. The molecule has 4 rings (SSSR count). The lowest BCUT2D eigenvalue weighted by atomic mass is 10.0. The van der Waals surface area contributed by atoms with E-state index in [4.69, 9.17) is 21.3 Å². The van der Waals surface area contributed by atoms with Gasteiger partial charge in [0, 0.05) is 30.0 Å². The lowest BCUT2D eigenvalue weighted by molar-refractivity contribution is -0.154. The molecule has 0 unspecified atom stereocenters. The summed E-state index contributed by atoms with van der Waals surface area (Å²) in [5.41, 5.74) is 3.43. The molecule has 0 amide bonds. The summed E-state index contributed by atoms with van der Waals surface area (Å²) in [6, 6.07) is 13.1. The molecule has 9 heteroatoms. The van der Waals surface area contributed by atoms with Gasteiger partial charge in [-0.05, 0) is 82.9 Å². The van der Waals surface area contributed by atoms with Crippen molar-refractivity contribution in [1.82, 2.24) is 19.6 Å². The van der Waals surface area contributed by atoms with E-state index in [1.54, 1.807) is 0 Å². The summed E-state index contributed by atoms with van der Waals surface area (Å²) >= 11 is 5.96. The molecule has 0 aliphatic heterocycles. The Kier molecular flexibility index (Phi) is 8.62. The van der Waals surface area contributed by atoms with Gasteiger partial charge in [-0.25, -0.2) is 4.98 Å². The monoisotopic (exact) mass is 535 g/mol. The lowest BCUT2D eigenvalue weighted by Crippen LogP contribution is -2.23. The van der Waals surface area contributed by atoms with Crippen molar-refractivity contribution in [2.24, 2.45) is 0 Å². The van der Waals surface area contributed by atoms with Crippen molar-refractivity contribution in [2.45, 2.75) is 71.8 Å². The Morgan fingerprint density at radius 1 is 1.00 bits per heavy atom. The number of benzene rings is 2. The van der Waals surface area contributed by atoms with Gasteiger partial charge in [0.2, 0.25) is 5.65 Å². The lowest BCUT2D eigenvalue weighted by Gasteiger charge is -2.19. The van der Waals surface area contributed by atoms with Crippen LogP contribution in [-0.4, -0.2) is 43.5 Å². The summed E-state index contributed by atoms with van der Waals surface area (Å²) < 4.78 is 7.32. The van der Waals surface area contributed by atoms with Crippen molar-refractivity contribution in [3.8, 4) is 0 Å². The minimum Gasteiger partial charge on any atom is -0.460 e. The zero-order valence-corrected chi connectivity index (χ0v) is 23.1. The maximum atomic E-state index is 13.0. The van der Waals surface area contributed by atoms with E-state index in [9.17, 15) is 9.59 Å². The van der Waals surface area contributed by atoms with Gasteiger partial charge in [0.05, 0.1) is 11.0 Å². The normalized spacial score (nSPS) is 11.7. The number of aryl methyl sites for hydroxylation is 2. The summed E-state index contributed by atoms with van der Waals surface area (Å²) in [6.45, 7) is 8.19. The molecule has 0 atom stereocenters. The minimum atomic E-state index is -0.455. The highest BCUT2D eigenvalue weighted by atomic mass is 35.5. The molecule has 2 aromatic carbocycles. The number of nitrogens with one attached hydrogen (secondary N) is 1. The Morgan fingerprint density at radius 3 is 2.50 bits per heavy atom. The fourth-order valence-electron chi connectivity index (χ4n) is 4.29. The Morgan fingerprint density at radius 2 is 1.76 bits per heavy atom. The molecule has 4 aromatic rings. The number of fused-ring (bicyclic) bond motifs is 3. The summed E-state index contributed by atoms with van der Waals surface area (Å²) in [6.07, 6.45) is 3.97. The molecule has 2 heterocycles. The number of anilines is 1. The molecule has 8 nitrogen and oxygen atoms in total. The van der Waals surface area contributed by atoms with Crippen LogP contribution in [0.25, 0.3) is 16.7 Å². The molecule has 0 spiro atoms. The second kappa shape index (κ2) is 11.9. The van der Waals surface area contributed by atoms with Crippen LogP contribution >= 0.6 is 11.6 Å². The summed E-state index contributed by atoms with van der Waals surface area (Å²) in [4.78, 5) is 29.6. The van der Waals surface area contributed by atoms with Crippen molar-refractivity contribution >= 4 is 45.9 Å². The van der Waals surface area contributed by atoms with Gasteiger partial charge < -0.3 is 10.1 Å². The highest BCUT2D eigenvalue weighted by Gasteiger charge is 2.17. The van der Waals surface area contributed by atoms with Crippen molar-refractivity contribution < 1.29 is 14.3 Å². The highest BCUT2D eigenvalue weighted by Crippen LogP contribution is 2.24. The van der Waals surface area contributed by atoms with Crippen molar-refractivity contribution in [1.29, 1.82) is 0 Å². The molecule has 0 fully saturated rings. The number of esters is 1. The summed E-state index contributed by atoms with van der Waals surface area (Å²) in [7, 11) is 0. The van der Waals surface area contributed by atoms with E-state index in [1.807, 2.05) is 74.6 Å². The van der Waals surface area contributed by atoms with Crippen molar-refractivity contribution in [2.75, 3.05) is 11.9 Å². The summed E-state index contributed by atoms with van der Waals surface area (Å²) in [5, 5.41) is 12.6. The zero-order chi connectivity index (χ0) is 27.3. The molecular weight excluding hydrogens is 502 g/mol.